The molecule has 5 heteroatoms. The van der Waals surface area contributed by atoms with Crippen molar-refractivity contribution in [3.05, 3.63) is 5.69 Å². The minimum Gasteiger partial charge on any atom is -0.474 e. The number of nitrogens with two attached hydrogens (primary N) is 1. The molecule has 3 N–H and O–H groups in total. The van der Waals surface area contributed by atoms with Crippen LogP contribution >= 0.6 is 0 Å². The van der Waals surface area contributed by atoms with E-state index in [1.165, 1.54) is 0 Å². The lowest BCUT2D eigenvalue weighted by molar-refractivity contribution is 0.192. The summed E-state index contributed by atoms with van der Waals surface area (Å²) in [4.78, 5) is 0. The summed E-state index contributed by atoms with van der Waals surface area (Å²) >= 11 is 0. The molecule has 1 aromatic heterocycles. The molecule has 0 aliphatic carbocycles. The van der Waals surface area contributed by atoms with E-state index in [0.717, 1.165) is 18.5 Å². The van der Waals surface area contributed by atoms with Crippen molar-refractivity contribution in [1.82, 2.24) is 9.78 Å². The molecule has 0 aromatic carbocycles. The Bertz CT molecular complexity index is 296. The number of aromatic nitrogens is 2. The van der Waals surface area contributed by atoms with Gasteiger partial charge in [-0.05, 0) is 6.42 Å². The molecule has 1 rings (SSSR count). The average molecular weight is 199 g/mol. The fourth-order valence-corrected chi connectivity index (χ4v) is 1.31. The Kier molecular flexibility index (Phi) is 3.76. The SMILES string of the molecule is CCCc1nn(C)c(OCCO)c1N. The molecule has 14 heavy (non-hydrogen) atoms. The Labute approximate surface area is 83.5 Å². The zero-order chi connectivity index (χ0) is 10.6. The summed E-state index contributed by atoms with van der Waals surface area (Å²) < 4.78 is 6.88. The zero-order valence-electron chi connectivity index (χ0n) is 8.66. The molecule has 0 aliphatic heterocycles. The van der Waals surface area contributed by atoms with Crippen LogP contribution in [0.4, 0.5) is 5.69 Å². The van der Waals surface area contributed by atoms with Crippen molar-refractivity contribution in [3.63, 3.8) is 0 Å². The molecule has 0 fully saturated rings. The minimum absolute atomic E-state index is 0.0201. The van der Waals surface area contributed by atoms with E-state index in [9.17, 15) is 0 Å². The second-order valence-corrected chi connectivity index (χ2v) is 3.11. The van der Waals surface area contributed by atoms with Gasteiger partial charge >= 0.3 is 0 Å². The Morgan fingerprint density at radius 3 is 2.86 bits per heavy atom. The first-order chi connectivity index (χ1) is 6.70. The van der Waals surface area contributed by atoms with Crippen molar-refractivity contribution in [2.24, 2.45) is 7.05 Å². The number of hydrogen-bond acceptors (Lipinski definition) is 4. The number of nitrogen functional groups attached to an aromatic ring is 1. The predicted molar refractivity (Wildman–Crippen MR) is 54.2 cm³/mol. The van der Waals surface area contributed by atoms with Crippen molar-refractivity contribution in [2.45, 2.75) is 19.8 Å². The van der Waals surface area contributed by atoms with Crippen LogP contribution in [0.5, 0.6) is 5.88 Å². The lowest BCUT2D eigenvalue weighted by atomic mass is 10.2. The van der Waals surface area contributed by atoms with E-state index in [1.54, 1.807) is 11.7 Å². The third kappa shape index (κ3) is 2.17. The zero-order valence-corrected chi connectivity index (χ0v) is 8.66. The molecular weight excluding hydrogens is 182 g/mol. The van der Waals surface area contributed by atoms with Gasteiger partial charge in [0.2, 0.25) is 5.88 Å². The van der Waals surface area contributed by atoms with Gasteiger partial charge in [-0.3, -0.25) is 0 Å². The monoisotopic (exact) mass is 199 g/mol. The van der Waals surface area contributed by atoms with Crippen molar-refractivity contribution in [1.29, 1.82) is 0 Å². The van der Waals surface area contributed by atoms with Crippen LogP contribution in [0.2, 0.25) is 0 Å². The van der Waals surface area contributed by atoms with Crippen LogP contribution in [0.3, 0.4) is 0 Å². The lowest BCUT2D eigenvalue weighted by Gasteiger charge is -2.04. The summed E-state index contributed by atoms with van der Waals surface area (Å²) in [6.45, 7) is 2.30. The highest BCUT2D eigenvalue weighted by molar-refractivity contribution is 5.53. The largest absolute Gasteiger partial charge is 0.474 e. The van der Waals surface area contributed by atoms with Gasteiger partial charge in [0, 0.05) is 7.05 Å². The van der Waals surface area contributed by atoms with Crippen LogP contribution in [-0.4, -0.2) is 28.1 Å². The number of anilines is 1. The molecule has 1 heterocycles. The standard InChI is InChI=1S/C9H17N3O2/c1-3-4-7-8(10)9(12(2)11-7)14-6-5-13/h13H,3-6,10H2,1-2H3. The molecule has 80 valence electrons. The number of nitrogens with zero attached hydrogens (tertiary/aromatic N) is 2. The topological polar surface area (TPSA) is 73.3 Å². The third-order valence-corrected chi connectivity index (χ3v) is 1.92. The van der Waals surface area contributed by atoms with E-state index >= 15 is 0 Å². The second-order valence-electron chi connectivity index (χ2n) is 3.11. The van der Waals surface area contributed by atoms with Crippen molar-refractivity contribution in [3.8, 4) is 5.88 Å². The van der Waals surface area contributed by atoms with Crippen LogP contribution in [-0.2, 0) is 13.5 Å². The van der Waals surface area contributed by atoms with Crippen molar-refractivity contribution in [2.75, 3.05) is 18.9 Å². The number of rotatable bonds is 5. The van der Waals surface area contributed by atoms with Gasteiger partial charge in [0.1, 0.15) is 12.3 Å². The first-order valence-electron chi connectivity index (χ1n) is 4.75. The first kappa shape index (κ1) is 10.8. The molecule has 0 amide bonds. The Hall–Kier alpha value is -1.23. The van der Waals surface area contributed by atoms with Gasteiger partial charge in [-0.1, -0.05) is 13.3 Å². The summed E-state index contributed by atoms with van der Waals surface area (Å²) in [6, 6.07) is 0. The summed E-state index contributed by atoms with van der Waals surface area (Å²) in [5.41, 5.74) is 7.29. The third-order valence-electron chi connectivity index (χ3n) is 1.92. The maximum Gasteiger partial charge on any atom is 0.235 e. The Morgan fingerprint density at radius 1 is 1.57 bits per heavy atom. The molecule has 0 atom stereocenters. The fourth-order valence-electron chi connectivity index (χ4n) is 1.31. The molecule has 0 bridgehead atoms. The van der Waals surface area contributed by atoms with Crippen LogP contribution in [0.25, 0.3) is 0 Å². The van der Waals surface area contributed by atoms with Crippen LogP contribution in [0.15, 0.2) is 0 Å². The van der Waals surface area contributed by atoms with Gasteiger partial charge in [-0.2, -0.15) is 5.10 Å². The smallest absolute Gasteiger partial charge is 0.235 e. The predicted octanol–water partition coefficient (Wildman–Crippen LogP) is 0.326. The molecule has 0 spiro atoms. The lowest BCUT2D eigenvalue weighted by Crippen LogP contribution is -2.06. The highest BCUT2D eigenvalue weighted by Crippen LogP contribution is 2.25. The summed E-state index contributed by atoms with van der Waals surface area (Å²) in [5.74, 6) is 0.544. The van der Waals surface area contributed by atoms with Crippen LogP contribution < -0.4 is 10.5 Å². The Morgan fingerprint density at radius 2 is 2.29 bits per heavy atom. The van der Waals surface area contributed by atoms with Crippen LogP contribution in [0.1, 0.15) is 19.0 Å². The maximum absolute atomic E-state index is 8.62. The molecule has 0 saturated heterocycles. The number of aryl methyl sites for hydroxylation is 2. The van der Waals surface area contributed by atoms with Gasteiger partial charge in [0.05, 0.1) is 12.3 Å². The van der Waals surface area contributed by atoms with Gasteiger partial charge in [-0.15, -0.1) is 0 Å². The maximum atomic E-state index is 8.62. The number of hydrogen-bond donors (Lipinski definition) is 2. The van der Waals surface area contributed by atoms with Crippen molar-refractivity contribution < 1.29 is 9.84 Å². The number of aliphatic hydroxyl groups excluding tert-OH is 1. The molecule has 5 nitrogen and oxygen atoms in total. The highest BCUT2D eigenvalue weighted by Gasteiger charge is 2.13. The normalized spacial score (nSPS) is 10.5. The van der Waals surface area contributed by atoms with Crippen LogP contribution in [0, 0.1) is 0 Å². The van der Waals surface area contributed by atoms with Gasteiger partial charge < -0.3 is 15.6 Å². The summed E-state index contributed by atoms with van der Waals surface area (Å²) in [7, 11) is 1.78. The van der Waals surface area contributed by atoms with E-state index in [0.29, 0.717) is 11.6 Å². The quantitative estimate of drug-likeness (QED) is 0.716. The van der Waals surface area contributed by atoms with Gasteiger partial charge in [-0.25, -0.2) is 4.68 Å². The minimum atomic E-state index is -0.0201. The van der Waals surface area contributed by atoms with Crippen molar-refractivity contribution >= 4 is 5.69 Å². The van der Waals surface area contributed by atoms with E-state index < -0.39 is 0 Å². The molecule has 0 radical (unpaired) electrons. The van der Waals surface area contributed by atoms with Gasteiger partial charge in [0.25, 0.3) is 0 Å². The molecular formula is C9H17N3O2. The molecule has 0 saturated carbocycles. The fraction of sp³-hybridized carbons (Fsp3) is 0.667. The second kappa shape index (κ2) is 4.85. The molecule has 0 aliphatic rings. The summed E-state index contributed by atoms with van der Waals surface area (Å²) in [5, 5.41) is 12.9. The Balaban J connectivity index is 2.81. The number of ether oxygens (including phenoxy) is 1. The van der Waals surface area contributed by atoms with Gasteiger partial charge in [0.15, 0.2) is 0 Å². The first-order valence-corrected chi connectivity index (χ1v) is 4.75. The number of aliphatic hydroxyl groups is 1. The van der Waals surface area contributed by atoms with E-state index in [-0.39, 0.29) is 13.2 Å². The van der Waals surface area contributed by atoms with E-state index in [1.807, 2.05) is 0 Å². The molecule has 1 aromatic rings. The molecule has 0 unspecified atom stereocenters. The average Bonchev–Trinajstić information content (AvgIpc) is 2.41. The summed E-state index contributed by atoms with van der Waals surface area (Å²) in [6.07, 6.45) is 1.85. The highest BCUT2D eigenvalue weighted by atomic mass is 16.5. The van der Waals surface area contributed by atoms with E-state index in [2.05, 4.69) is 12.0 Å². The van der Waals surface area contributed by atoms with E-state index in [4.69, 9.17) is 15.6 Å².